The Hall–Kier alpha value is -3.68. The fraction of sp³-hybridized carbons (Fsp3) is 0.0556. The zero-order chi connectivity index (χ0) is 18.5. The molecular weight excluding hydrogens is 341 g/mol. The van der Waals surface area contributed by atoms with Gasteiger partial charge in [0, 0.05) is 17.3 Å². The number of aromatic nitrogens is 1. The van der Waals surface area contributed by atoms with Gasteiger partial charge in [-0.15, -0.1) is 0 Å². The number of methoxy groups -OCH3 is 1. The molecule has 2 amide bonds. The Morgan fingerprint density at radius 1 is 1.08 bits per heavy atom. The number of amides is 2. The lowest BCUT2D eigenvalue weighted by molar-refractivity contribution is 0.0988. The number of hydrogen-bond donors (Lipinski definition) is 2. The van der Waals surface area contributed by atoms with E-state index in [4.69, 9.17) is 4.52 Å². The van der Waals surface area contributed by atoms with Crippen molar-refractivity contribution in [1.29, 1.82) is 0 Å². The van der Waals surface area contributed by atoms with Gasteiger partial charge in [-0.2, -0.15) is 0 Å². The Kier molecular flexibility index (Phi) is 4.93. The van der Waals surface area contributed by atoms with E-state index in [2.05, 4.69) is 20.5 Å². The second kappa shape index (κ2) is 7.47. The fourth-order valence-electron chi connectivity index (χ4n) is 2.18. The van der Waals surface area contributed by atoms with Gasteiger partial charge in [0.25, 0.3) is 5.91 Å². The zero-order valence-electron chi connectivity index (χ0n) is 13.7. The molecule has 0 radical (unpaired) electrons. The Morgan fingerprint density at radius 2 is 1.85 bits per heavy atom. The van der Waals surface area contributed by atoms with Crippen LogP contribution in [0.3, 0.4) is 0 Å². The second-order valence-electron chi connectivity index (χ2n) is 5.21. The molecule has 0 aliphatic rings. The minimum absolute atomic E-state index is 0.00402. The number of ether oxygens (including phenoxy) is 1. The molecule has 0 spiro atoms. The van der Waals surface area contributed by atoms with Crippen LogP contribution in [0.4, 0.5) is 20.6 Å². The van der Waals surface area contributed by atoms with Crippen LogP contribution in [0.25, 0.3) is 11.3 Å². The molecule has 2 aromatic carbocycles. The third-order valence-corrected chi connectivity index (χ3v) is 3.45. The number of benzene rings is 2. The number of nitrogens with zero attached hydrogens (tertiary/aromatic N) is 1. The summed E-state index contributed by atoms with van der Waals surface area (Å²) in [5, 5.41) is 8.63. The molecular formula is C18H14FN3O4. The highest BCUT2D eigenvalue weighted by Gasteiger charge is 2.15. The molecule has 0 fully saturated rings. The largest absolute Gasteiger partial charge is 0.453 e. The molecule has 0 saturated heterocycles. The molecule has 1 aromatic heterocycles. The Bertz CT molecular complexity index is 941. The average Bonchev–Trinajstić information content (AvgIpc) is 3.15. The molecule has 0 unspecified atom stereocenters. The monoisotopic (exact) mass is 355 g/mol. The molecule has 3 aromatic rings. The summed E-state index contributed by atoms with van der Waals surface area (Å²) in [5.74, 6) is -1.23. The van der Waals surface area contributed by atoms with Crippen molar-refractivity contribution in [3.05, 3.63) is 66.2 Å². The van der Waals surface area contributed by atoms with E-state index in [-0.39, 0.29) is 17.1 Å². The highest BCUT2D eigenvalue weighted by molar-refractivity contribution is 6.03. The van der Waals surface area contributed by atoms with Crippen molar-refractivity contribution < 1.29 is 23.2 Å². The van der Waals surface area contributed by atoms with Crippen molar-refractivity contribution in [3.63, 3.8) is 0 Å². The standard InChI is InChI=1S/C18H14FN3O4/c1-25-18(24)21-15-9-12(7-8-13(15)19)20-17(23)16-10-14(22-26-16)11-5-3-2-4-6-11/h2-10H,1H3,(H,20,23)(H,21,24). The number of nitrogens with one attached hydrogen (secondary N) is 2. The summed E-state index contributed by atoms with van der Waals surface area (Å²) in [6.07, 6.45) is -0.824. The van der Waals surface area contributed by atoms with Crippen LogP contribution in [0.5, 0.6) is 0 Å². The molecule has 0 aliphatic heterocycles. The predicted molar refractivity (Wildman–Crippen MR) is 92.3 cm³/mol. The maximum atomic E-state index is 13.7. The van der Waals surface area contributed by atoms with Crippen molar-refractivity contribution in [3.8, 4) is 11.3 Å². The summed E-state index contributed by atoms with van der Waals surface area (Å²) in [7, 11) is 1.16. The first-order valence-corrected chi connectivity index (χ1v) is 7.55. The van der Waals surface area contributed by atoms with Crippen molar-refractivity contribution in [1.82, 2.24) is 5.16 Å². The molecule has 3 rings (SSSR count). The number of carbonyl (C=O) groups excluding carboxylic acids is 2. The smallest absolute Gasteiger partial charge is 0.411 e. The van der Waals surface area contributed by atoms with Crippen LogP contribution in [0.1, 0.15) is 10.6 Å². The summed E-state index contributed by atoms with van der Waals surface area (Å²) in [5.41, 5.74) is 1.46. The number of carbonyl (C=O) groups is 2. The fourth-order valence-corrected chi connectivity index (χ4v) is 2.18. The van der Waals surface area contributed by atoms with Crippen molar-refractivity contribution in [2.75, 3.05) is 17.7 Å². The van der Waals surface area contributed by atoms with Gasteiger partial charge in [0.05, 0.1) is 12.8 Å². The van der Waals surface area contributed by atoms with E-state index in [0.717, 1.165) is 18.7 Å². The van der Waals surface area contributed by atoms with Gasteiger partial charge in [-0.05, 0) is 18.2 Å². The first-order valence-electron chi connectivity index (χ1n) is 7.55. The Balaban J connectivity index is 1.75. The van der Waals surface area contributed by atoms with Gasteiger partial charge in [0.15, 0.2) is 0 Å². The average molecular weight is 355 g/mol. The van der Waals surface area contributed by atoms with Crippen molar-refractivity contribution in [2.45, 2.75) is 0 Å². The summed E-state index contributed by atoms with van der Waals surface area (Å²) < 4.78 is 23.2. The molecule has 1 heterocycles. The van der Waals surface area contributed by atoms with Crippen LogP contribution in [-0.4, -0.2) is 24.3 Å². The van der Waals surface area contributed by atoms with Crippen LogP contribution in [0, 0.1) is 5.82 Å². The van der Waals surface area contributed by atoms with E-state index in [1.807, 2.05) is 30.3 Å². The van der Waals surface area contributed by atoms with E-state index >= 15 is 0 Å². The number of anilines is 2. The number of rotatable bonds is 4. The van der Waals surface area contributed by atoms with Crippen molar-refractivity contribution >= 4 is 23.4 Å². The molecule has 26 heavy (non-hydrogen) atoms. The Labute approximate surface area is 147 Å². The first kappa shape index (κ1) is 17.2. The van der Waals surface area contributed by atoms with Crippen LogP contribution < -0.4 is 10.6 Å². The molecule has 0 saturated carbocycles. The van der Waals surface area contributed by atoms with Gasteiger partial charge in [0.2, 0.25) is 5.76 Å². The summed E-state index contributed by atoms with van der Waals surface area (Å²) in [4.78, 5) is 23.5. The van der Waals surface area contributed by atoms with Gasteiger partial charge in [-0.3, -0.25) is 10.1 Å². The SMILES string of the molecule is COC(=O)Nc1cc(NC(=O)c2cc(-c3ccccc3)no2)ccc1F. The number of hydrogen-bond acceptors (Lipinski definition) is 5. The third-order valence-electron chi connectivity index (χ3n) is 3.45. The van der Waals surface area contributed by atoms with Gasteiger partial charge in [-0.25, -0.2) is 9.18 Å². The first-order chi connectivity index (χ1) is 12.6. The van der Waals surface area contributed by atoms with Crippen molar-refractivity contribution in [2.24, 2.45) is 0 Å². The highest BCUT2D eigenvalue weighted by atomic mass is 19.1. The lowest BCUT2D eigenvalue weighted by Gasteiger charge is -2.08. The van der Waals surface area contributed by atoms with E-state index in [1.54, 1.807) is 0 Å². The molecule has 7 nitrogen and oxygen atoms in total. The quantitative estimate of drug-likeness (QED) is 0.740. The molecule has 8 heteroatoms. The van der Waals surface area contributed by atoms with E-state index in [0.29, 0.717) is 5.69 Å². The minimum atomic E-state index is -0.824. The maximum absolute atomic E-state index is 13.7. The van der Waals surface area contributed by atoms with Gasteiger partial charge in [-0.1, -0.05) is 35.5 Å². The van der Waals surface area contributed by atoms with Crippen LogP contribution in [-0.2, 0) is 4.74 Å². The van der Waals surface area contributed by atoms with Crippen LogP contribution in [0.15, 0.2) is 59.1 Å². The molecule has 0 bridgehead atoms. The van der Waals surface area contributed by atoms with E-state index < -0.39 is 17.8 Å². The van der Waals surface area contributed by atoms with E-state index in [9.17, 15) is 14.0 Å². The summed E-state index contributed by atoms with van der Waals surface area (Å²) in [6.45, 7) is 0. The summed E-state index contributed by atoms with van der Waals surface area (Å²) in [6, 6.07) is 14.5. The van der Waals surface area contributed by atoms with Crippen LogP contribution >= 0.6 is 0 Å². The molecule has 0 atom stereocenters. The van der Waals surface area contributed by atoms with Gasteiger partial charge >= 0.3 is 6.09 Å². The van der Waals surface area contributed by atoms with Gasteiger partial charge in [0.1, 0.15) is 11.5 Å². The Morgan fingerprint density at radius 3 is 2.58 bits per heavy atom. The molecule has 0 aliphatic carbocycles. The lowest BCUT2D eigenvalue weighted by atomic mass is 10.1. The normalized spacial score (nSPS) is 10.2. The molecule has 2 N–H and O–H groups in total. The highest BCUT2D eigenvalue weighted by Crippen LogP contribution is 2.22. The molecule has 132 valence electrons. The maximum Gasteiger partial charge on any atom is 0.411 e. The zero-order valence-corrected chi connectivity index (χ0v) is 13.7. The van der Waals surface area contributed by atoms with Crippen LogP contribution in [0.2, 0.25) is 0 Å². The topological polar surface area (TPSA) is 93.5 Å². The minimum Gasteiger partial charge on any atom is -0.453 e. The second-order valence-corrected chi connectivity index (χ2v) is 5.21. The lowest BCUT2D eigenvalue weighted by Crippen LogP contribution is -2.14. The summed E-state index contributed by atoms with van der Waals surface area (Å²) >= 11 is 0. The third kappa shape index (κ3) is 3.86. The van der Waals surface area contributed by atoms with Gasteiger partial charge < -0.3 is 14.6 Å². The number of halogens is 1. The van der Waals surface area contributed by atoms with E-state index in [1.165, 1.54) is 18.2 Å². The predicted octanol–water partition coefficient (Wildman–Crippen LogP) is 3.91.